The van der Waals surface area contributed by atoms with E-state index in [2.05, 4.69) is 28.9 Å². The van der Waals surface area contributed by atoms with E-state index >= 15 is 0 Å². The molecule has 1 atom stereocenters. The van der Waals surface area contributed by atoms with Gasteiger partial charge in [-0.25, -0.2) is 14.5 Å². The fourth-order valence-electron chi connectivity index (χ4n) is 3.11. The number of aryl methyl sites for hydroxylation is 1. The van der Waals surface area contributed by atoms with E-state index in [1.807, 2.05) is 38.1 Å². The van der Waals surface area contributed by atoms with Gasteiger partial charge in [-0.05, 0) is 44.4 Å². The normalized spacial score (nSPS) is 14.0. The number of nitrogens with two attached hydrogens (primary N) is 1. The number of aromatic nitrogens is 4. The average Bonchev–Trinajstić information content (AvgIpc) is 3.01. The summed E-state index contributed by atoms with van der Waals surface area (Å²) in [6.07, 6.45) is 4.40. The summed E-state index contributed by atoms with van der Waals surface area (Å²) in [6.45, 7) is 8.76. The quantitative estimate of drug-likeness (QED) is 0.746. The van der Waals surface area contributed by atoms with E-state index in [4.69, 9.17) is 10.5 Å². The topological polar surface area (TPSA) is 78.3 Å². The van der Waals surface area contributed by atoms with Gasteiger partial charge in [-0.2, -0.15) is 5.10 Å². The molecule has 1 unspecified atom stereocenters. The largest absolute Gasteiger partial charge is 0.490 e. The second-order valence-corrected chi connectivity index (χ2v) is 7.25. The number of nitrogens with zero attached hydrogens (tertiary/aromatic N) is 4. The first-order valence-electron chi connectivity index (χ1n) is 8.54. The number of hydrogen-bond donors (Lipinski definition) is 1. The van der Waals surface area contributed by atoms with Crippen LogP contribution >= 0.6 is 0 Å². The fraction of sp³-hybridized carbons (Fsp3) is 0.421. The smallest absolute Gasteiger partial charge is 0.155 e. The highest BCUT2D eigenvalue weighted by atomic mass is 16.5. The zero-order valence-corrected chi connectivity index (χ0v) is 15.2. The minimum Gasteiger partial charge on any atom is -0.490 e. The van der Waals surface area contributed by atoms with Crippen molar-refractivity contribution in [1.29, 1.82) is 0 Å². The molecule has 3 aromatic heterocycles. The Morgan fingerprint density at radius 2 is 2.00 bits per heavy atom. The molecule has 0 aromatic carbocycles. The lowest BCUT2D eigenvalue weighted by Crippen LogP contribution is -2.43. The molecule has 0 radical (unpaired) electrons. The minimum atomic E-state index is -0.356. The Kier molecular flexibility index (Phi) is 4.72. The van der Waals surface area contributed by atoms with Crippen LogP contribution in [0.1, 0.15) is 32.9 Å². The van der Waals surface area contributed by atoms with Crippen molar-refractivity contribution in [3.63, 3.8) is 0 Å². The molecule has 6 heteroatoms. The van der Waals surface area contributed by atoms with Crippen molar-refractivity contribution < 1.29 is 4.74 Å². The number of pyridine rings is 1. The van der Waals surface area contributed by atoms with Crippen molar-refractivity contribution in [2.24, 2.45) is 11.7 Å². The first kappa shape index (κ1) is 17.4. The Hall–Kier alpha value is -2.47. The summed E-state index contributed by atoms with van der Waals surface area (Å²) in [7, 11) is 0. The third-order valence-electron chi connectivity index (χ3n) is 4.02. The Morgan fingerprint density at radius 1 is 1.20 bits per heavy atom. The highest BCUT2D eigenvalue weighted by molar-refractivity contribution is 5.59. The third-order valence-corrected chi connectivity index (χ3v) is 4.02. The van der Waals surface area contributed by atoms with E-state index in [0.717, 1.165) is 34.9 Å². The van der Waals surface area contributed by atoms with Gasteiger partial charge in [0.15, 0.2) is 5.65 Å². The molecule has 6 nitrogen and oxygen atoms in total. The molecule has 0 saturated heterocycles. The molecule has 3 heterocycles. The van der Waals surface area contributed by atoms with Crippen molar-refractivity contribution in [2.75, 3.05) is 6.61 Å². The lowest BCUT2D eigenvalue weighted by Gasteiger charge is -2.27. The Balaban J connectivity index is 1.81. The van der Waals surface area contributed by atoms with Crippen molar-refractivity contribution >= 4 is 5.65 Å². The molecule has 0 aliphatic heterocycles. The highest BCUT2D eigenvalue weighted by Gasteiger charge is 2.21. The number of rotatable bonds is 6. The Labute approximate surface area is 148 Å². The molecule has 3 aromatic rings. The molecular weight excluding hydrogens is 314 g/mol. The maximum absolute atomic E-state index is 6.32. The maximum atomic E-state index is 6.32. The molecule has 2 N–H and O–H groups in total. The summed E-state index contributed by atoms with van der Waals surface area (Å²) >= 11 is 0. The molecule has 0 aliphatic carbocycles. The van der Waals surface area contributed by atoms with E-state index in [9.17, 15) is 0 Å². The lowest BCUT2D eigenvalue weighted by atomic mass is 9.93. The summed E-state index contributed by atoms with van der Waals surface area (Å²) in [5.41, 5.74) is 9.32. The van der Waals surface area contributed by atoms with Gasteiger partial charge in [0.25, 0.3) is 0 Å². The maximum Gasteiger partial charge on any atom is 0.155 e. The fourth-order valence-corrected chi connectivity index (χ4v) is 3.11. The molecular formula is C19H25N5O. The van der Waals surface area contributed by atoms with Crippen LogP contribution in [-0.4, -0.2) is 31.7 Å². The molecule has 3 rings (SSSR count). The lowest BCUT2D eigenvalue weighted by molar-refractivity contribution is 0.205. The van der Waals surface area contributed by atoms with Crippen LogP contribution in [0.5, 0.6) is 5.75 Å². The van der Waals surface area contributed by atoms with Gasteiger partial charge in [0, 0.05) is 17.8 Å². The second kappa shape index (κ2) is 6.80. The van der Waals surface area contributed by atoms with Gasteiger partial charge >= 0.3 is 0 Å². The van der Waals surface area contributed by atoms with Crippen LogP contribution in [0, 0.1) is 12.8 Å². The molecule has 0 spiro atoms. The predicted octanol–water partition coefficient (Wildman–Crippen LogP) is 3.24. The van der Waals surface area contributed by atoms with Gasteiger partial charge in [0.1, 0.15) is 12.4 Å². The van der Waals surface area contributed by atoms with E-state index in [1.54, 1.807) is 16.9 Å². The summed E-state index contributed by atoms with van der Waals surface area (Å²) in [5.74, 6) is 1.29. The highest BCUT2D eigenvalue weighted by Crippen LogP contribution is 2.24. The minimum absolute atomic E-state index is 0.356. The average molecular weight is 339 g/mol. The van der Waals surface area contributed by atoms with Gasteiger partial charge in [0.05, 0.1) is 23.3 Å². The molecule has 0 saturated carbocycles. The molecule has 0 aliphatic rings. The first-order valence-corrected chi connectivity index (χ1v) is 8.54. The Morgan fingerprint density at radius 3 is 2.72 bits per heavy atom. The van der Waals surface area contributed by atoms with E-state index in [1.165, 1.54) is 0 Å². The van der Waals surface area contributed by atoms with Gasteiger partial charge in [-0.15, -0.1) is 0 Å². The van der Waals surface area contributed by atoms with Crippen LogP contribution < -0.4 is 10.5 Å². The summed E-state index contributed by atoms with van der Waals surface area (Å²) < 4.78 is 7.72. The zero-order chi connectivity index (χ0) is 18.0. The van der Waals surface area contributed by atoms with Gasteiger partial charge in [-0.3, -0.25) is 0 Å². The van der Waals surface area contributed by atoms with Crippen LogP contribution in [0.25, 0.3) is 17.0 Å². The SMILES string of the molecule is Cc1nc(-c2ccnc3ccnn23)ccc1OCC(C)(N)CC(C)C. The van der Waals surface area contributed by atoms with Crippen molar-refractivity contribution in [3.8, 4) is 17.1 Å². The predicted molar refractivity (Wildman–Crippen MR) is 98.5 cm³/mol. The summed E-state index contributed by atoms with van der Waals surface area (Å²) in [5, 5.41) is 4.31. The van der Waals surface area contributed by atoms with Crippen molar-refractivity contribution in [2.45, 2.75) is 39.7 Å². The van der Waals surface area contributed by atoms with Crippen molar-refractivity contribution in [1.82, 2.24) is 19.6 Å². The second-order valence-electron chi connectivity index (χ2n) is 7.25. The van der Waals surface area contributed by atoms with Crippen molar-refractivity contribution in [3.05, 3.63) is 42.4 Å². The van der Waals surface area contributed by atoms with Crippen LogP contribution in [0.3, 0.4) is 0 Å². The van der Waals surface area contributed by atoms with Gasteiger partial charge in [-0.1, -0.05) is 13.8 Å². The molecule has 0 fully saturated rings. The van der Waals surface area contributed by atoms with Crippen LogP contribution in [0.2, 0.25) is 0 Å². The summed E-state index contributed by atoms with van der Waals surface area (Å²) in [4.78, 5) is 8.96. The van der Waals surface area contributed by atoms with E-state index < -0.39 is 0 Å². The molecule has 25 heavy (non-hydrogen) atoms. The first-order chi connectivity index (χ1) is 11.9. The zero-order valence-electron chi connectivity index (χ0n) is 15.2. The monoisotopic (exact) mass is 339 g/mol. The van der Waals surface area contributed by atoms with Gasteiger partial charge < -0.3 is 10.5 Å². The molecule has 0 bridgehead atoms. The molecule has 0 amide bonds. The van der Waals surface area contributed by atoms with E-state index in [0.29, 0.717) is 12.5 Å². The van der Waals surface area contributed by atoms with E-state index in [-0.39, 0.29) is 5.54 Å². The standard InChI is InChI=1S/C19H25N5O/c1-13(2)11-19(4,20)12-25-17-6-5-15(23-14(17)3)16-7-9-21-18-8-10-22-24(16)18/h5-10,13H,11-12,20H2,1-4H3. The number of fused-ring (bicyclic) bond motifs is 1. The number of ether oxygens (including phenoxy) is 1. The van der Waals surface area contributed by atoms with Gasteiger partial charge in [0.2, 0.25) is 0 Å². The summed E-state index contributed by atoms with van der Waals surface area (Å²) in [6, 6.07) is 7.65. The number of hydrogen-bond acceptors (Lipinski definition) is 5. The van der Waals surface area contributed by atoms with Crippen LogP contribution in [-0.2, 0) is 0 Å². The van der Waals surface area contributed by atoms with Crippen LogP contribution in [0.15, 0.2) is 36.7 Å². The molecule has 132 valence electrons. The third kappa shape index (κ3) is 3.96. The van der Waals surface area contributed by atoms with Crippen LogP contribution in [0.4, 0.5) is 0 Å². The Bertz CT molecular complexity index is 869.